The highest BCUT2D eigenvalue weighted by Crippen LogP contribution is 2.28. The normalized spacial score (nSPS) is 21.4. The van der Waals surface area contributed by atoms with Crippen LogP contribution in [-0.2, 0) is 13.8 Å². The second-order valence-corrected chi connectivity index (χ2v) is 7.12. The summed E-state index contributed by atoms with van der Waals surface area (Å²) in [5.41, 5.74) is 0. The number of nitrogens with zero attached hydrogens (tertiary/aromatic N) is 3. The standard InChI is InChI=1S/C10H16ClN3O3S/c1-7(2)14-9(8-4-3-5-17-6-8)12-13-10(14)18(11,15)16/h7-8H,3-6H2,1-2H3. The van der Waals surface area contributed by atoms with Crippen molar-refractivity contribution in [3.63, 3.8) is 0 Å². The van der Waals surface area contributed by atoms with E-state index < -0.39 is 9.05 Å². The minimum Gasteiger partial charge on any atom is -0.381 e. The lowest BCUT2D eigenvalue weighted by Crippen LogP contribution is -2.21. The third-order valence-corrected chi connectivity index (χ3v) is 4.08. The van der Waals surface area contributed by atoms with Gasteiger partial charge in [-0.25, -0.2) is 8.42 Å². The Labute approximate surface area is 111 Å². The van der Waals surface area contributed by atoms with Crippen LogP contribution < -0.4 is 0 Å². The fourth-order valence-electron chi connectivity index (χ4n) is 2.16. The lowest BCUT2D eigenvalue weighted by atomic mass is 10.0. The van der Waals surface area contributed by atoms with Crippen molar-refractivity contribution in [1.82, 2.24) is 14.8 Å². The Bertz CT molecular complexity index is 520. The molecule has 0 amide bonds. The Balaban J connectivity index is 2.45. The molecular formula is C10H16ClN3O3S. The van der Waals surface area contributed by atoms with Crippen LogP contribution in [0, 0.1) is 0 Å². The summed E-state index contributed by atoms with van der Waals surface area (Å²) in [6.45, 7) is 5.05. The molecule has 18 heavy (non-hydrogen) atoms. The average Bonchev–Trinajstić information content (AvgIpc) is 2.74. The lowest BCUT2D eigenvalue weighted by molar-refractivity contribution is 0.0764. The maximum Gasteiger partial charge on any atom is 0.296 e. The van der Waals surface area contributed by atoms with Gasteiger partial charge in [-0.2, -0.15) is 0 Å². The molecule has 2 heterocycles. The van der Waals surface area contributed by atoms with Gasteiger partial charge in [-0.3, -0.25) is 4.57 Å². The summed E-state index contributed by atoms with van der Waals surface area (Å²) in [5.74, 6) is 0.727. The topological polar surface area (TPSA) is 74.1 Å². The zero-order chi connectivity index (χ0) is 13.3. The van der Waals surface area contributed by atoms with Crippen molar-refractivity contribution < 1.29 is 13.2 Å². The van der Waals surface area contributed by atoms with E-state index in [9.17, 15) is 8.42 Å². The number of hydrogen-bond donors (Lipinski definition) is 0. The summed E-state index contributed by atoms with van der Waals surface area (Å²) in [6, 6.07) is -0.0690. The molecule has 0 saturated carbocycles. The van der Waals surface area contributed by atoms with E-state index >= 15 is 0 Å². The summed E-state index contributed by atoms with van der Waals surface area (Å²) >= 11 is 0. The van der Waals surface area contributed by atoms with Crippen molar-refractivity contribution in [2.24, 2.45) is 0 Å². The number of hydrogen-bond acceptors (Lipinski definition) is 5. The molecule has 1 aliphatic rings. The molecule has 1 aromatic rings. The summed E-state index contributed by atoms with van der Waals surface area (Å²) in [6.07, 6.45) is 1.87. The van der Waals surface area contributed by atoms with Gasteiger partial charge in [-0.05, 0) is 26.7 Å². The Morgan fingerprint density at radius 3 is 2.67 bits per heavy atom. The quantitative estimate of drug-likeness (QED) is 0.793. The zero-order valence-electron chi connectivity index (χ0n) is 10.3. The highest BCUT2D eigenvalue weighted by molar-refractivity contribution is 8.13. The zero-order valence-corrected chi connectivity index (χ0v) is 11.9. The summed E-state index contributed by atoms with van der Waals surface area (Å²) in [7, 11) is 1.50. The first-order chi connectivity index (χ1) is 8.41. The van der Waals surface area contributed by atoms with E-state index in [4.69, 9.17) is 15.4 Å². The Morgan fingerprint density at radius 2 is 2.17 bits per heavy atom. The Morgan fingerprint density at radius 1 is 1.44 bits per heavy atom. The molecule has 0 bridgehead atoms. The molecule has 1 atom stereocenters. The SMILES string of the molecule is CC(C)n1c(C2CCCOC2)nnc1S(=O)(=O)Cl. The van der Waals surface area contributed by atoms with E-state index in [-0.39, 0.29) is 17.1 Å². The van der Waals surface area contributed by atoms with E-state index in [1.807, 2.05) is 13.8 Å². The van der Waals surface area contributed by atoms with Gasteiger partial charge in [-0.1, -0.05) is 0 Å². The van der Waals surface area contributed by atoms with Gasteiger partial charge in [-0.15, -0.1) is 10.2 Å². The number of ether oxygens (including phenoxy) is 1. The van der Waals surface area contributed by atoms with Crippen LogP contribution in [0.4, 0.5) is 0 Å². The van der Waals surface area contributed by atoms with Crippen molar-refractivity contribution in [2.75, 3.05) is 13.2 Å². The van der Waals surface area contributed by atoms with E-state index in [1.54, 1.807) is 4.57 Å². The van der Waals surface area contributed by atoms with Gasteiger partial charge < -0.3 is 4.74 Å². The molecule has 0 N–H and O–H groups in total. The molecule has 2 rings (SSSR count). The Hall–Kier alpha value is -0.660. The second kappa shape index (κ2) is 5.14. The predicted molar refractivity (Wildman–Crippen MR) is 66.2 cm³/mol. The van der Waals surface area contributed by atoms with Gasteiger partial charge in [0.25, 0.3) is 14.2 Å². The third-order valence-electron chi connectivity index (χ3n) is 2.95. The van der Waals surface area contributed by atoms with Gasteiger partial charge in [0, 0.05) is 29.2 Å². The molecule has 102 valence electrons. The maximum absolute atomic E-state index is 11.5. The summed E-state index contributed by atoms with van der Waals surface area (Å²) in [5, 5.41) is 7.54. The van der Waals surface area contributed by atoms with Gasteiger partial charge >= 0.3 is 0 Å². The smallest absolute Gasteiger partial charge is 0.296 e. The van der Waals surface area contributed by atoms with Gasteiger partial charge in [0.2, 0.25) is 0 Å². The van der Waals surface area contributed by atoms with Crippen molar-refractivity contribution in [2.45, 2.75) is 43.8 Å². The third kappa shape index (κ3) is 2.67. The van der Waals surface area contributed by atoms with Crippen LogP contribution in [0.25, 0.3) is 0 Å². The first-order valence-electron chi connectivity index (χ1n) is 5.88. The van der Waals surface area contributed by atoms with Gasteiger partial charge in [0.15, 0.2) is 0 Å². The largest absolute Gasteiger partial charge is 0.381 e. The van der Waals surface area contributed by atoms with Crippen molar-refractivity contribution >= 4 is 19.7 Å². The Kier molecular flexibility index (Phi) is 3.93. The first kappa shape index (κ1) is 13.8. The van der Waals surface area contributed by atoms with E-state index in [0.717, 1.165) is 19.4 Å². The van der Waals surface area contributed by atoms with Crippen LogP contribution in [-0.4, -0.2) is 36.4 Å². The number of halogens is 1. The van der Waals surface area contributed by atoms with E-state index in [0.29, 0.717) is 12.4 Å². The first-order valence-corrected chi connectivity index (χ1v) is 8.19. The average molecular weight is 294 g/mol. The van der Waals surface area contributed by atoms with Crippen LogP contribution in [0.15, 0.2) is 5.16 Å². The molecule has 0 spiro atoms. The molecule has 0 aliphatic carbocycles. The minimum atomic E-state index is -3.88. The molecular weight excluding hydrogens is 278 g/mol. The van der Waals surface area contributed by atoms with Crippen LogP contribution >= 0.6 is 10.7 Å². The molecule has 8 heteroatoms. The second-order valence-electron chi connectivity index (χ2n) is 4.66. The highest BCUT2D eigenvalue weighted by Gasteiger charge is 2.29. The van der Waals surface area contributed by atoms with Crippen LogP contribution in [0.2, 0.25) is 0 Å². The molecule has 1 fully saturated rings. The summed E-state index contributed by atoms with van der Waals surface area (Å²) < 4.78 is 29.9. The predicted octanol–water partition coefficient (Wildman–Crippen LogP) is 1.68. The fourth-order valence-corrected chi connectivity index (χ4v) is 3.16. The molecule has 1 aliphatic heterocycles. The minimum absolute atomic E-state index is 0.0690. The van der Waals surface area contributed by atoms with Gasteiger partial charge in [0.1, 0.15) is 5.82 Å². The van der Waals surface area contributed by atoms with Gasteiger partial charge in [0.05, 0.1) is 6.61 Å². The van der Waals surface area contributed by atoms with Crippen LogP contribution in [0.1, 0.15) is 44.5 Å². The molecule has 0 radical (unpaired) electrons. The van der Waals surface area contributed by atoms with Crippen LogP contribution in [0.5, 0.6) is 0 Å². The highest BCUT2D eigenvalue weighted by atomic mass is 35.7. The number of aromatic nitrogens is 3. The van der Waals surface area contributed by atoms with Crippen molar-refractivity contribution in [3.8, 4) is 0 Å². The molecule has 6 nitrogen and oxygen atoms in total. The van der Waals surface area contributed by atoms with Crippen molar-refractivity contribution in [3.05, 3.63) is 5.82 Å². The lowest BCUT2D eigenvalue weighted by Gasteiger charge is -2.23. The molecule has 1 aromatic heterocycles. The molecule has 1 saturated heterocycles. The fraction of sp³-hybridized carbons (Fsp3) is 0.800. The number of rotatable bonds is 3. The summed E-state index contributed by atoms with van der Waals surface area (Å²) in [4.78, 5) is 0. The monoisotopic (exact) mass is 293 g/mol. The maximum atomic E-state index is 11.5. The van der Waals surface area contributed by atoms with E-state index in [2.05, 4.69) is 10.2 Å². The van der Waals surface area contributed by atoms with E-state index in [1.165, 1.54) is 0 Å². The molecule has 0 aromatic carbocycles. The van der Waals surface area contributed by atoms with Crippen molar-refractivity contribution in [1.29, 1.82) is 0 Å². The van der Waals surface area contributed by atoms with Crippen LogP contribution in [0.3, 0.4) is 0 Å². The molecule has 1 unspecified atom stereocenters.